The van der Waals surface area contributed by atoms with E-state index in [1.165, 1.54) is 83.5 Å². The number of hydrogen-bond donors (Lipinski definition) is 0. The van der Waals surface area contributed by atoms with Gasteiger partial charge < -0.3 is 0 Å². The molecule has 1 heteroatoms. The molecule has 1 nitrogen and oxygen atoms in total. The summed E-state index contributed by atoms with van der Waals surface area (Å²) in [4.78, 5) is 0. The highest BCUT2D eigenvalue weighted by Crippen LogP contribution is 2.43. The first kappa shape index (κ1) is 19.3. The fourth-order valence-corrected chi connectivity index (χ4v) is 4.99. The van der Waals surface area contributed by atoms with Crippen molar-refractivity contribution in [1.29, 1.82) is 5.26 Å². The first-order valence-corrected chi connectivity index (χ1v) is 10.5. The topological polar surface area (TPSA) is 23.8 Å². The van der Waals surface area contributed by atoms with Crippen molar-refractivity contribution in [3.05, 3.63) is 24.3 Å². The van der Waals surface area contributed by atoms with Gasteiger partial charge in [-0.1, -0.05) is 70.1 Å². The summed E-state index contributed by atoms with van der Waals surface area (Å²) >= 11 is 0. The summed E-state index contributed by atoms with van der Waals surface area (Å²) in [5.74, 6) is 4.11. The standard InChI is InChI=1S/C23H37N/c1-2-3-9-20-11-15-22(16-12-20)23-17-13-21(14-18-23)10-7-5-4-6-8-19-24/h4-6,8,20-23H,2-3,7,9-18H2,1H3/t20-,21?,22-,23?. The van der Waals surface area contributed by atoms with E-state index in [2.05, 4.69) is 13.0 Å². The van der Waals surface area contributed by atoms with E-state index >= 15 is 0 Å². The highest BCUT2D eigenvalue weighted by molar-refractivity contribution is 5.11. The van der Waals surface area contributed by atoms with Crippen LogP contribution in [0.2, 0.25) is 0 Å². The summed E-state index contributed by atoms with van der Waals surface area (Å²) in [5, 5.41) is 8.44. The van der Waals surface area contributed by atoms with Crippen LogP contribution in [0.4, 0.5) is 0 Å². The molecular weight excluding hydrogens is 290 g/mol. The van der Waals surface area contributed by atoms with Crippen LogP contribution in [0.5, 0.6) is 0 Å². The molecule has 0 atom stereocenters. The van der Waals surface area contributed by atoms with Crippen LogP contribution in [-0.4, -0.2) is 0 Å². The molecule has 0 N–H and O–H groups in total. The molecular formula is C23H37N. The smallest absolute Gasteiger partial charge is 0.0912 e. The van der Waals surface area contributed by atoms with Gasteiger partial charge in [-0.25, -0.2) is 0 Å². The summed E-state index contributed by atoms with van der Waals surface area (Å²) in [6, 6.07) is 2.02. The predicted octanol–water partition coefficient (Wildman–Crippen LogP) is 7.21. The monoisotopic (exact) mass is 327 g/mol. The zero-order valence-corrected chi connectivity index (χ0v) is 15.8. The van der Waals surface area contributed by atoms with Crippen LogP contribution in [-0.2, 0) is 0 Å². The van der Waals surface area contributed by atoms with E-state index in [1.54, 1.807) is 6.08 Å². The van der Waals surface area contributed by atoms with E-state index in [9.17, 15) is 0 Å². The van der Waals surface area contributed by atoms with Gasteiger partial charge in [0.25, 0.3) is 0 Å². The molecule has 0 aromatic heterocycles. The van der Waals surface area contributed by atoms with Crippen molar-refractivity contribution in [3.63, 3.8) is 0 Å². The summed E-state index contributed by atoms with van der Waals surface area (Å²) in [5.41, 5.74) is 0. The van der Waals surface area contributed by atoms with Gasteiger partial charge in [0.05, 0.1) is 6.07 Å². The van der Waals surface area contributed by atoms with Crippen LogP contribution >= 0.6 is 0 Å². The molecule has 24 heavy (non-hydrogen) atoms. The van der Waals surface area contributed by atoms with Gasteiger partial charge >= 0.3 is 0 Å². The van der Waals surface area contributed by atoms with E-state index in [1.807, 2.05) is 18.2 Å². The van der Waals surface area contributed by atoms with E-state index in [0.717, 1.165) is 23.7 Å². The van der Waals surface area contributed by atoms with Crippen molar-refractivity contribution in [2.45, 2.75) is 90.4 Å². The highest BCUT2D eigenvalue weighted by Gasteiger charge is 2.30. The lowest BCUT2D eigenvalue weighted by Crippen LogP contribution is -2.25. The third-order valence-corrected chi connectivity index (χ3v) is 6.57. The normalized spacial score (nSPS) is 31.5. The Balaban J connectivity index is 1.59. The van der Waals surface area contributed by atoms with Gasteiger partial charge in [0.2, 0.25) is 0 Å². The van der Waals surface area contributed by atoms with Gasteiger partial charge in [-0.2, -0.15) is 5.26 Å². The van der Waals surface area contributed by atoms with Crippen molar-refractivity contribution >= 4 is 0 Å². The quantitative estimate of drug-likeness (QED) is 0.341. The number of nitriles is 1. The molecule has 0 aliphatic heterocycles. The number of unbranched alkanes of at least 4 members (excludes halogenated alkanes) is 1. The Bertz CT molecular complexity index is 412. The number of allylic oxidation sites excluding steroid dienone is 4. The Morgan fingerprint density at radius 3 is 1.96 bits per heavy atom. The average Bonchev–Trinajstić information content (AvgIpc) is 2.64. The summed E-state index contributed by atoms with van der Waals surface area (Å²) < 4.78 is 0. The molecule has 2 fully saturated rings. The van der Waals surface area contributed by atoms with Crippen LogP contribution in [0.1, 0.15) is 90.4 Å². The van der Waals surface area contributed by atoms with Gasteiger partial charge in [0, 0.05) is 6.08 Å². The first-order valence-electron chi connectivity index (χ1n) is 10.5. The van der Waals surface area contributed by atoms with E-state index in [0.29, 0.717) is 0 Å². The molecule has 134 valence electrons. The molecule has 0 spiro atoms. The second-order valence-electron chi connectivity index (χ2n) is 8.20. The van der Waals surface area contributed by atoms with Crippen LogP contribution < -0.4 is 0 Å². The Morgan fingerprint density at radius 2 is 1.42 bits per heavy atom. The lowest BCUT2D eigenvalue weighted by molar-refractivity contribution is 0.141. The third kappa shape index (κ3) is 6.84. The average molecular weight is 328 g/mol. The fourth-order valence-electron chi connectivity index (χ4n) is 4.99. The zero-order valence-electron chi connectivity index (χ0n) is 15.8. The van der Waals surface area contributed by atoms with Gasteiger partial charge in [0.15, 0.2) is 0 Å². The molecule has 0 heterocycles. The predicted molar refractivity (Wildman–Crippen MR) is 104 cm³/mol. The second-order valence-corrected chi connectivity index (χ2v) is 8.20. The molecule has 2 aliphatic rings. The van der Waals surface area contributed by atoms with Crippen molar-refractivity contribution < 1.29 is 0 Å². The van der Waals surface area contributed by atoms with Crippen LogP contribution in [0.3, 0.4) is 0 Å². The Morgan fingerprint density at radius 1 is 0.833 bits per heavy atom. The molecule has 2 saturated carbocycles. The lowest BCUT2D eigenvalue weighted by Gasteiger charge is -2.38. The van der Waals surface area contributed by atoms with E-state index < -0.39 is 0 Å². The molecule has 0 aromatic carbocycles. The molecule has 0 aromatic rings. The van der Waals surface area contributed by atoms with E-state index in [-0.39, 0.29) is 0 Å². The zero-order chi connectivity index (χ0) is 17.0. The van der Waals surface area contributed by atoms with Gasteiger partial charge in [0.1, 0.15) is 0 Å². The van der Waals surface area contributed by atoms with Crippen molar-refractivity contribution in [2.24, 2.45) is 23.7 Å². The maximum Gasteiger partial charge on any atom is 0.0912 e. The van der Waals surface area contributed by atoms with Crippen molar-refractivity contribution in [2.75, 3.05) is 0 Å². The minimum Gasteiger partial charge on any atom is -0.193 e. The summed E-state index contributed by atoms with van der Waals surface area (Å²) in [6.45, 7) is 2.32. The largest absolute Gasteiger partial charge is 0.193 e. The molecule has 0 amide bonds. The SMILES string of the molecule is CCCC[C@H]1CC[C@H](C2CCC(CCC=CC=CC#N)CC2)CC1. The van der Waals surface area contributed by atoms with Crippen LogP contribution in [0, 0.1) is 35.0 Å². The maximum absolute atomic E-state index is 8.44. The minimum atomic E-state index is 0.951. The highest BCUT2D eigenvalue weighted by atomic mass is 14.4. The molecule has 0 radical (unpaired) electrons. The lowest BCUT2D eigenvalue weighted by atomic mass is 9.68. The molecule has 2 aliphatic carbocycles. The van der Waals surface area contributed by atoms with Crippen LogP contribution in [0.15, 0.2) is 24.3 Å². The number of hydrogen-bond acceptors (Lipinski definition) is 1. The fraction of sp³-hybridized carbons (Fsp3) is 0.783. The van der Waals surface area contributed by atoms with Crippen LogP contribution in [0.25, 0.3) is 0 Å². The van der Waals surface area contributed by atoms with E-state index in [4.69, 9.17) is 5.26 Å². The first-order chi connectivity index (χ1) is 11.8. The third-order valence-electron chi connectivity index (χ3n) is 6.57. The molecule has 0 unspecified atom stereocenters. The Kier molecular flexibility index (Phi) is 9.26. The number of nitrogens with zero attached hydrogens (tertiary/aromatic N) is 1. The number of rotatable bonds is 8. The summed E-state index contributed by atoms with van der Waals surface area (Å²) in [6.07, 6.45) is 26.4. The Hall–Kier alpha value is -1.03. The maximum atomic E-state index is 8.44. The van der Waals surface area contributed by atoms with Gasteiger partial charge in [-0.3, -0.25) is 0 Å². The van der Waals surface area contributed by atoms with Gasteiger partial charge in [-0.15, -0.1) is 0 Å². The van der Waals surface area contributed by atoms with Crippen molar-refractivity contribution in [3.8, 4) is 6.07 Å². The minimum absolute atomic E-state index is 0.951. The molecule has 2 rings (SSSR count). The summed E-state index contributed by atoms with van der Waals surface area (Å²) in [7, 11) is 0. The van der Waals surface area contributed by atoms with Gasteiger partial charge in [-0.05, 0) is 62.2 Å². The second kappa shape index (κ2) is 11.5. The molecule has 0 bridgehead atoms. The molecule has 0 saturated heterocycles. The Labute approximate surface area is 150 Å². The van der Waals surface area contributed by atoms with Crippen molar-refractivity contribution in [1.82, 2.24) is 0 Å².